The maximum atomic E-state index is 11.8. The van der Waals surface area contributed by atoms with E-state index in [1.165, 1.54) is 12.1 Å². The zero-order valence-electron chi connectivity index (χ0n) is 9.31. The number of pyridine rings is 1. The van der Waals surface area contributed by atoms with Crippen LogP contribution in [0.3, 0.4) is 0 Å². The van der Waals surface area contributed by atoms with Crippen LogP contribution >= 0.6 is 0 Å². The van der Waals surface area contributed by atoms with E-state index in [0.717, 1.165) is 6.20 Å². The molecular formula is C9H8F3N3O4. The minimum Gasteiger partial charge on any atom is -0.476 e. The fraction of sp³-hybridized carbons (Fsp3) is 0.333. The molecule has 1 aromatic heterocycles. The van der Waals surface area contributed by atoms with Gasteiger partial charge in [-0.05, 0) is 22.0 Å². The van der Waals surface area contributed by atoms with Crippen molar-refractivity contribution in [2.24, 2.45) is 0 Å². The summed E-state index contributed by atoms with van der Waals surface area (Å²) in [5.41, 5.74) is 0. The van der Waals surface area contributed by atoms with Crippen molar-refractivity contribution in [1.82, 2.24) is 10.3 Å². The lowest BCUT2D eigenvalue weighted by Gasteiger charge is -2.09. The second-order valence-electron chi connectivity index (χ2n) is 3.26. The van der Waals surface area contributed by atoms with Crippen LogP contribution in [0.5, 0.6) is 5.75 Å². The lowest BCUT2D eigenvalue weighted by Crippen LogP contribution is -2.36. The van der Waals surface area contributed by atoms with Gasteiger partial charge in [-0.2, -0.15) is 13.2 Å². The number of hydrogen-bond donors (Lipinski definition) is 1. The number of rotatable bonds is 5. The average molecular weight is 279 g/mol. The molecule has 7 nitrogen and oxygen atoms in total. The Hall–Kier alpha value is -2.39. The number of amides is 1. The van der Waals surface area contributed by atoms with Crippen LogP contribution in [0.2, 0.25) is 0 Å². The van der Waals surface area contributed by atoms with Crippen molar-refractivity contribution < 1.29 is 27.6 Å². The van der Waals surface area contributed by atoms with Crippen molar-refractivity contribution in [1.29, 1.82) is 0 Å². The number of nitrogens with one attached hydrogen (secondary N) is 1. The lowest BCUT2D eigenvalue weighted by atomic mass is 10.4. The van der Waals surface area contributed by atoms with Crippen molar-refractivity contribution in [3.8, 4) is 5.75 Å². The zero-order chi connectivity index (χ0) is 14.5. The summed E-state index contributed by atoms with van der Waals surface area (Å²) in [5, 5.41) is 12.1. The number of hydrogen-bond acceptors (Lipinski definition) is 5. The van der Waals surface area contributed by atoms with Crippen LogP contribution in [0.15, 0.2) is 18.3 Å². The third kappa shape index (κ3) is 5.19. The van der Waals surface area contributed by atoms with Gasteiger partial charge in [0.2, 0.25) is 5.75 Å². The summed E-state index contributed by atoms with van der Waals surface area (Å²) in [6.07, 6.45) is -3.38. The van der Waals surface area contributed by atoms with Crippen LogP contribution < -0.4 is 10.1 Å². The molecule has 1 heterocycles. The van der Waals surface area contributed by atoms with Crippen LogP contribution in [-0.4, -0.2) is 35.1 Å². The molecule has 0 fully saturated rings. The first-order chi connectivity index (χ1) is 8.79. The van der Waals surface area contributed by atoms with E-state index in [1.54, 1.807) is 5.32 Å². The molecule has 0 bridgehead atoms. The van der Waals surface area contributed by atoms with Crippen molar-refractivity contribution in [3.63, 3.8) is 0 Å². The number of alkyl halides is 3. The fourth-order valence-electron chi connectivity index (χ4n) is 1.03. The van der Waals surface area contributed by atoms with Gasteiger partial charge in [-0.15, -0.1) is 0 Å². The van der Waals surface area contributed by atoms with E-state index in [4.69, 9.17) is 4.74 Å². The number of nitro groups is 1. The van der Waals surface area contributed by atoms with E-state index >= 15 is 0 Å². The van der Waals surface area contributed by atoms with Gasteiger partial charge < -0.3 is 20.2 Å². The molecule has 0 aliphatic carbocycles. The maximum absolute atomic E-state index is 11.8. The second kappa shape index (κ2) is 5.98. The van der Waals surface area contributed by atoms with Crippen molar-refractivity contribution in [3.05, 3.63) is 28.4 Å². The Balaban J connectivity index is 2.53. The largest absolute Gasteiger partial charge is 0.476 e. The van der Waals surface area contributed by atoms with Crippen LogP contribution in [0, 0.1) is 10.1 Å². The Bertz CT molecular complexity index is 478. The summed E-state index contributed by atoms with van der Waals surface area (Å²) >= 11 is 0. The smallest absolute Gasteiger partial charge is 0.406 e. The minimum absolute atomic E-state index is 0.297. The summed E-state index contributed by atoms with van der Waals surface area (Å²) in [4.78, 5) is 24.1. The van der Waals surface area contributed by atoms with Crippen LogP contribution in [-0.2, 0) is 4.79 Å². The van der Waals surface area contributed by atoms with Crippen molar-refractivity contribution in [2.45, 2.75) is 6.18 Å². The van der Waals surface area contributed by atoms with Gasteiger partial charge >= 0.3 is 12.0 Å². The molecule has 0 saturated carbocycles. The predicted octanol–water partition coefficient (Wildman–Crippen LogP) is 1.05. The molecule has 10 heteroatoms. The SMILES string of the molecule is O=C(COc1cccnc1[N+](=O)[O-])NCC(F)(F)F. The molecule has 0 atom stereocenters. The van der Waals surface area contributed by atoms with Gasteiger partial charge in [0.15, 0.2) is 6.61 Å². The summed E-state index contributed by atoms with van der Waals surface area (Å²) in [6.45, 7) is -2.27. The number of ether oxygens (including phenoxy) is 1. The van der Waals surface area contributed by atoms with E-state index in [0.29, 0.717) is 0 Å². The molecule has 0 aliphatic rings. The molecule has 104 valence electrons. The topological polar surface area (TPSA) is 94.4 Å². The first-order valence-electron chi connectivity index (χ1n) is 4.85. The molecule has 0 spiro atoms. The number of carbonyl (C=O) groups is 1. The van der Waals surface area contributed by atoms with Crippen LogP contribution in [0.25, 0.3) is 0 Å². The maximum Gasteiger partial charge on any atom is 0.406 e. The van der Waals surface area contributed by atoms with E-state index in [-0.39, 0.29) is 5.75 Å². The highest BCUT2D eigenvalue weighted by Crippen LogP contribution is 2.22. The molecule has 1 amide bonds. The average Bonchev–Trinajstić information content (AvgIpc) is 2.33. The van der Waals surface area contributed by atoms with Crippen LogP contribution in [0.1, 0.15) is 0 Å². The highest BCUT2D eigenvalue weighted by atomic mass is 19.4. The molecule has 19 heavy (non-hydrogen) atoms. The van der Waals surface area contributed by atoms with E-state index in [2.05, 4.69) is 4.98 Å². The van der Waals surface area contributed by atoms with Gasteiger partial charge in [-0.25, -0.2) is 0 Å². The monoisotopic (exact) mass is 279 g/mol. The van der Waals surface area contributed by atoms with Crippen LogP contribution in [0.4, 0.5) is 19.0 Å². The zero-order valence-corrected chi connectivity index (χ0v) is 9.31. The highest BCUT2D eigenvalue weighted by Gasteiger charge is 2.27. The van der Waals surface area contributed by atoms with Crippen molar-refractivity contribution in [2.75, 3.05) is 13.2 Å². The van der Waals surface area contributed by atoms with E-state index in [1.807, 2.05) is 0 Å². The minimum atomic E-state index is -4.53. The van der Waals surface area contributed by atoms with Gasteiger partial charge in [0, 0.05) is 0 Å². The third-order valence-electron chi connectivity index (χ3n) is 1.77. The molecule has 1 rings (SSSR count). The van der Waals surface area contributed by atoms with E-state index in [9.17, 15) is 28.1 Å². The summed E-state index contributed by atoms with van der Waals surface area (Å²) in [6, 6.07) is 2.51. The number of aromatic nitrogens is 1. The quantitative estimate of drug-likeness (QED) is 0.642. The summed E-state index contributed by atoms with van der Waals surface area (Å²) < 4.78 is 40.1. The molecule has 1 aromatic rings. The van der Waals surface area contributed by atoms with Gasteiger partial charge in [0.1, 0.15) is 12.7 Å². The molecule has 0 saturated heterocycles. The number of halogens is 3. The molecular weight excluding hydrogens is 271 g/mol. The Morgan fingerprint density at radius 1 is 1.53 bits per heavy atom. The predicted molar refractivity (Wildman–Crippen MR) is 55.5 cm³/mol. The van der Waals surface area contributed by atoms with Gasteiger partial charge in [0.05, 0.1) is 0 Å². The van der Waals surface area contributed by atoms with Crippen molar-refractivity contribution >= 4 is 11.7 Å². The van der Waals surface area contributed by atoms with E-state index < -0.39 is 36.0 Å². The molecule has 0 aromatic carbocycles. The Morgan fingerprint density at radius 3 is 2.79 bits per heavy atom. The normalized spacial score (nSPS) is 10.9. The van der Waals surface area contributed by atoms with Gasteiger partial charge in [-0.1, -0.05) is 0 Å². The first-order valence-corrected chi connectivity index (χ1v) is 4.85. The highest BCUT2D eigenvalue weighted by molar-refractivity contribution is 5.77. The molecule has 0 radical (unpaired) electrons. The Morgan fingerprint density at radius 2 is 2.21 bits per heavy atom. The number of carbonyl (C=O) groups excluding carboxylic acids is 1. The standard InChI is InChI=1S/C9H8F3N3O4/c10-9(11,12)5-14-7(16)4-19-6-2-1-3-13-8(6)15(17)18/h1-3H,4-5H2,(H,14,16). The molecule has 0 unspecified atom stereocenters. The summed E-state index contributed by atoms with van der Waals surface area (Å²) in [5.74, 6) is -1.96. The lowest BCUT2D eigenvalue weighted by molar-refractivity contribution is -0.390. The Kier molecular flexibility index (Phi) is 4.62. The second-order valence-corrected chi connectivity index (χ2v) is 3.26. The number of nitrogens with zero attached hydrogens (tertiary/aromatic N) is 2. The van der Waals surface area contributed by atoms with Gasteiger partial charge in [-0.3, -0.25) is 4.79 Å². The third-order valence-corrected chi connectivity index (χ3v) is 1.77. The fourth-order valence-corrected chi connectivity index (χ4v) is 1.03. The first kappa shape index (κ1) is 14.7. The molecule has 0 aliphatic heterocycles. The summed E-state index contributed by atoms with van der Waals surface area (Å²) in [7, 11) is 0. The molecule has 1 N–H and O–H groups in total. The Labute approximate surface area is 104 Å². The van der Waals surface area contributed by atoms with Gasteiger partial charge in [0.25, 0.3) is 5.91 Å².